The van der Waals surface area contributed by atoms with Crippen molar-refractivity contribution in [1.82, 2.24) is 14.9 Å². The molecular weight excluding hydrogens is 238 g/mol. The molecule has 0 unspecified atom stereocenters. The highest BCUT2D eigenvalue weighted by molar-refractivity contribution is 5.76. The fraction of sp³-hybridized carbons (Fsp3) is 0.467. The number of carbonyl (C=O) groups excluding carboxylic acids is 1. The van der Waals surface area contributed by atoms with Crippen LogP contribution in [0, 0.1) is 0 Å². The second-order valence-corrected chi connectivity index (χ2v) is 4.62. The van der Waals surface area contributed by atoms with Gasteiger partial charge in [-0.05, 0) is 18.6 Å². The number of hydrogen-bond donors (Lipinski definition) is 1. The standard InChI is InChI=1S/C15H21N3O/c1-3-11-18-13-8-6-5-7-12(13)17-14(18)9-10-16-15(19)4-2/h5-8H,3-4,9-11H2,1-2H3,(H,16,19). The number of imidazole rings is 1. The Bertz CT molecular complexity index is 560. The van der Waals surface area contributed by atoms with Crippen molar-refractivity contribution < 1.29 is 4.79 Å². The van der Waals surface area contributed by atoms with Gasteiger partial charge in [-0.25, -0.2) is 4.98 Å². The van der Waals surface area contributed by atoms with Gasteiger partial charge in [-0.3, -0.25) is 4.79 Å². The van der Waals surface area contributed by atoms with Crippen LogP contribution in [0.15, 0.2) is 24.3 Å². The summed E-state index contributed by atoms with van der Waals surface area (Å²) in [6, 6.07) is 8.19. The number of nitrogens with one attached hydrogen (secondary N) is 1. The third-order valence-electron chi connectivity index (χ3n) is 3.17. The molecule has 1 N–H and O–H groups in total. The zero-order valence-electron chi connectivity index (χ0n) is 11.6. The quantitative estimate of drug-likeness (QED) is 0.866. The molecule has 2 rings (SSSR count). The van der Waals surface area contributed by atoms with Gasteiger partial charge in [0.25, 0.3) is 0 Å². The number of aromatic nitrogens is 2. The monoisotopic (exact) mass is 259 g/mol. The molecule has 4 heteroatoms. The highest BCUT2D eigenvalue weighted by atomic mass is 16.1. The number of rotatable bonds is 6. The molecule has 0 atom stereocenters. The van der Waals surface area contributed by atoms with Crippen LogP contribution in [0.4, 0.5) is 0 Å². The van der Waals surface area contributed by atoms with Gasteiger partial charge in [0.05, 0.1) is 11.0 Å². The van der Waals surface area contributed by atoms with Crippen LogP contribution in [-0.4, -0.2) is 22.0 Å². The summed E-state index contributed by atoms with van der Waals surface area (Å²) >= 11 is 0. The van der Waals surface area contributed by atoms with Gasteiger partial charge in [0.1, 0.15) is 5.82 Å². The second-order valence-electron chi connectivity index (χ2n) is 4.62. The van der Waals surface area contributed by atoms with Crippen molar-refractivity contribution in [2.45, 2.75) is 39.7 Å². The first-order valence-electron chi connectivity index (χ1n) is 6.97. The van der Waals surface area contributed by atoms with Crippen molar-refractivity contribution >= 4 is 16.9 Å². The SMILES string of the molecule is CCCn1c(CCNC(=O)CC)nc2ccccc21. The molecule has 0 bridgehead atoms. The summed E-state index contributed by atoms with van der Waals surface area (Å²) in [4.78, 5) is 15.9. The largest absolute Gasteiger partial charge is 0.356 e. The fourth-order valence-corrected chi connectivity index (χ4v) is 2.23. The number of nitrogens with zero attached hydrogens (tertiary/aromatic N) is 2. The van der Waals surface area contributed by atoms with E-state index in [1.807, 2.05) is 25.1 Å². The first-order chi connectivity index (χ1) is 9.26. The van der Waals surface area contributed by atoms with Gasteiger partial charge in [-0.15, -0.1) is 0 Å². The molecular formula is C15H21N3O. The van der Waals surface area contributed by atoms with E-state index in [0.29, 0.717) is 13.0 Å². The molecule has 1 aromatic heterocycles. The minimum Gasteiger partial charge on any atom is -0.356 e. The molecule has 0 saturated carbocycles. The number of aryl methyl sites for hydroxylation is 1. The summed E-state index contributed by atoms with van der Waals surface area (Å²) in [5.41, 5.74) is 2.22. The van der Waals surface area contributed by atoms with Crippen molar-refractivity contribution in [3.05, 3.63) is 30.1 Å². The molecule has 0 aliphatic heterocycles. The molecule has 0 aliphatic rings. The molecule has 0 aliphatic carbocycles. The number of para-hydroxylation sites is 2. The van der Waals surface area contributed by atoms with Crippen LogP contribution in [-0.2, 0) is 17.8 Å². The number of benzene rings is 1. The van der Waals surface area contributed by atoms with Crippen LogP contribution in [0.5, 0.6) is 0 Å². The number of hydrogen-bond acceptors (Lipinski definition) is 2. The maximum atomic E-state index is 11.2. The van der Waals surface area contributed by atoms with E-state index in [9.17, 15) is 4.79 Å². The van der Waals surface area contributed by atoms with Crippen LogP contribution in [0.2, 0.25) is 0 Å². The van der Waals surface area contributed by atoms with Crippen molar-refractivity contribution in [3.8, 4) is 0 Å². The van der Waals surface area contributed by atoms with E-state index in [0.717, 1.165) is 30.7 Å². The molecule has 102 valence electrons. The predicted molar refractivity (Wildman–Crippen MR) is 77.0 cm³/mol. The average Bonchev–Trinajstić information content (AvgIpc) is 2.77. The maximum absolute atomic E-state index is 11.2. The number of fused-ring (bicyclic) bond motifs is 1. The minimum atomic E-state index is 0.0955. The van der Waals surface area contributed by atoms with E-state index < -0.39 is 0 Å². The lowest BCUT2D eigenvalue weighted by atomic mass is 10.3. The smallest absolute Gasteiger partial charge is 0.219 e. The van der Waals surface area contributed by atoms with Crippen LogP contribution < -0.4 is 5.32 Å². The first kappa shape index (κ1) is 13.6. The molecule has 19 heavy (non-hydrogen) atoms. The lowest BCUT2D eigenvalue weighted by Crippen LogP contribution is -2.25. The summed E-state index contributed by atoms with van der Waals surface area (Å²) in [6.07, 6.45) is 2.39. The Balaban J connectivity index is 2.16. The Labute approximate surface area is 113 Å². The topological polar surface area (TPSA) is 46.9 Å². The maximum Gasteiger partial charge on any atom is 0.219 e. The predicted octanol–water partition coefficient (Wildman–Crippen LogP) is 2.52. The Morgan fingerprint density at radius 1 is 1.32 bits per heavy atom. The molecule has 4 nitrogen and oxygen atoms in total. The van der Waals surface area contributed by atoms with E-state index in [2.05, 4.69) is 27.9 Å². The molecule has 1 heterocycles. The first-order valence-corrected chi connectivity index (χ1v) is 6.97. The van der Waals surface area contributed by atoms with Crippen molar-refractivity contribution in [2.24, 2.45) is 0 Å². The number of amides is 1. The third-order valence-corrected chi connectivity index (χ3v) is 3.17. The third kappa shape index (κ3) is 3.13. The Kier molecular flexibility index (Phi) is 4.55. The van der Waals surface area contributed by atoms with Crippen molar-refractivity contribution in [1.29, 1.82) is 0 Å². The molecule has 0 radical (unpaired) electrons. The molecule has 0 fully saturated rings. The highest BCUT2D eigenvalue weighted by Gasteiger charge is 2.09. The van der Waals surface area contributed by atoms with Crippen molar-refractivity contribution in [3.63, 3.8) is 0 Å². The molecule has 2 aromatic rings. The molecule has 0 spiro atoms. The van der Waals surface area contributed by atoms with Crippen LogP contribution in [0.3, 0.4) is 0 Å². The minimum absolute atomic E-state index is 0.0955. The van der Waals surface area contributed by atoms with Gasteiger partial charge < -0.3 is 9.88 Å². The Morgan fingerprint density at radius 3 is 2.84 bits per heavy atom. The van der Waals surface area contributed by atoms with Gasteiger partial charge in [-0.1, -0.05) is 26.0 Å². The van der Waals surface area contributed by atoms with E-state index in [1.165, 1.54) is 5.52 Å². The average molecular weight is 259 g/mol. The van der Waals surface area contributed by atoms with Gasteiger partial charge in [-0.2, -0.15) is 0 Å². The zero-order valence-corrected chi connectivity index (χ0v) is 11.6. The molecule has 1 aromatic carbocycles. The lowest BCUT2D eigenvalue weighted by Gasteiger charge is -2.08. The summed E-state index contributed by atoms with van der Waals surface area (Å²) in [5, 5.41) is 2.90. The Morgan fingerprint density at radius 2 is 2.11 bits per heavy atom. The molecule has 1 amide bonds. The Hall–Kier alpha value is -1.84. The summed E-state index contributed by atoms with van der Waals surface area (Å²) in [5.74, 6) is 1.15. The normalized spacial score (nSPS) is 10.8. The van der Waals surface area contributed by atoms with Gasteiger partial charge in [0, 0.05) is 25.9 Å². The highest BCUT2D eigenvalue weighted by Crippen LogP contribution is 2.16. The number of carbonyl (C=O) groups is 1. The van der Waals surface area contributed by atoms with Crippen molar-refractivity contribution in [2.75, 3.05) is 6.54 Å². The zero-order chi connectivity index (χ0) is 13.7. The summed E-state index contributed by atoms with van der Waals surface area (Å²) in [6.45, 7) is 5.65. The van der Waals surface area contributed by atoms with E-state index >= 15 is 0 Å². The van der Waals surface area contributed by atoms with Crippen LogP contribution >= 0.6 is 0 Å². The van der Waals surface area contributed by atoms with Gasteiger partial charge in [0.15, 0.2) is 0 Å². The van der Waals surface area contributed by atoms with Crippen LogP contribution in [0.25, 0.3) is 11.0 Å². The fourth-order valence-electron chi connectivity index (χ4n) is 2.23. The second kappa shape index (κ2) is 6.36. The summed E-state index contributed by atoms with van der Waals surface area (Å²) in [7, 11) is 0. The van der Waals surface area contributed by atoms with E-state index in [4.69, 9.17) is 0 Å². The van der Waals surface area contributed by atoms with Gasteiger partial charge >= 0.3 is 0 Å². The molecule has 0 saturated heterocycles. The van der Waals surface area contributed by atoms with Gasteiger partial charge in [0.2, 0.25) is 5.91 Å². The van der Waals surface area contributed by atoms with Crippen LogP contribution in [0.1, 0.15) is 32.5 Å². The summed E-state index contributed by atoms with van der Waals surface area (Å²) < 4.78 is 2.26. The van der Waals surface area contributed by atoms with E-state index in [1.54, 1.807) is 0 Å². The lowest BCUT2D eigenvalue weighted by molar-refractivity contribution is -0.120. The van der Waals surface area contributed by atoms with E-state index in [-0.39, 0.29) is 5.91 Å².